The monoisotopic (exact) mass is 209 g/mol. The van der Waals surface area contributed by atoms with Gasteiger partial charge in [0, 0.05) is 11.3 Å². The molecule has 1 aromatic carbocycles. The lowest BCUT2D eigenvalue weighted by atomic mass is 10.1. The van der Waals surface area contributed by atoms with Crippen LogP contribution >= 0.6 is 11.8 Å². The highest BCUT2D eigenvalue weighted by molar-refractivity contribution is 7.99. The molecule has 0 unspecified atom stereocenters. The van der Waals surface area contributed by atoms with Gasteiger partial charge in [-0.25, -0.2) is 0 Å². The van der Waals surface area contributed by atoms with Gasteiger partial charge in [0.05, 0.1) is 5.71 Å². The Hall–Kier alpha value is -0.960. The van der Waals surface area contributed by atoms with Gasteiger partial charge in [0.15, 0.2) is 0 Å². The van der Waals surface area contributed by atoms with Gasteiger partial charge in [0.25, 0.3) is 0 Å². The minimum absolute atomic E-state index is 0.716. The maximum Gasteiger partial charge on any atom is 0.0583 e. The van der Waals surface area contributed by atoms with E-state index in [0.717, 1.165) is 11.5 Å². The van der Waals surface area contributed by atoms with Crippen LogP contribution in [-0.4, -0.2) is 16.7 Å². The van der Waals surface area contributed by atoms with Crippen molar-refractivity contribution in [3.63, 3.8) is 0 Å². The van der Waals surface area contributed by atoms with Crippen molar-refractivity contribution in [2.45, 2.75) is 25.2 Å². The van der Waals surface area contributed by atoms with E-state index in [1.165, 1.54) is 10.5 Å². The minimum atomic E-state index is 0.716. The Morgan fingerprint density at radius 1 is 1.36 bits per heavy atom. The zero-order chi connectivity index (χ0) is 10.4. The highest BCUT2D eigenvalue weighted by atomic mass is 32.2. The van der Waals surface area contributed by atoms with Crippen LogP contribution in [0.5, 0.6) is 0 Å². The van der Waals surface area contributed by atoms with Crippen LogP contribution in [0.1, 0.15) is 19.4 Å². The molecule has 76 valence electrons. The lowest BCUT2D eigenvalue weighted by molar-refractivity contribution is 0.317. The topological polar surface area (TPSA) is 32.6 Å². The molecule has 0 aliphatic rings. The van der Waals surface area contributed by atoms with Gasteiger partial charge in [-0.1, -0.05) is 24.2 Å². The van der Waals surface area contributed by atoms with Crippen molar-refractivity contribution >= 4 is 17.5 Å². The summed E-state index contributed by atoms with van der Waals surface area (Å²) in [5, 5.41) is 11.7. The summed E-state index contributed by atoms with van der Waals surface area (Å²) in [6, 6.07) is 8.36. The summed E-state index contributed by atoms with van der Waals surface area (Å²) in [6.45, 7) is 3.95. The average molecular weight is 209 g/mol. The summed E-state index contributed by atoms with van der Waals surface area (Å²) < 4.78 is 0. The van der Waals surface area contributed by atoms with Crippen molar-refractivity contribution in [2.75, 3.05) is 5.75 Å². The molecule has 0 saturated heterocycles. The van der Waals surface area contributed by atoms with E-state index >= 15 is 0 Å². The third-order valence-electron chi connectivity index (χ3n) is 1.87. The molecule has 0 aliphatic heterocycles. The fourth-order valence-corrected chi connectivity index (χ4v) is 1.86. The fourth-order valence-electron chi connectivity index (χ4n) is 1.20. The summed E-state index contributed by atoms with van der Waals surface area (Å²) in [5.74, 6) is 1.09. The van der Waals surface area contributed by atoms with E-state index < -0.39 is 0 Å². The predicted octanol–water partition coefficient (Wildman–Crippen LogP) is 3.19. The number of thioether (sulfide) groups is 1. The molecule has 0 saturated carbocycles. The van der Waals surface area contributed by atoms with E-state index in [0.29, 0.717) is 6.42 Å². The third kappa shape index (κ3) is 3.42. The summed E-state index contributed by atoms with van der Waals surface area (Å²) in [6.07, 6.45) is 0.716. The van der Waals surface area contributed by atoms with Gasteiger partial charge in [-0.05, 0) is 30.4 Å². The molecule has 14 heavy (non-hydrogen) atoms. The molecule has 0 radical (unpaired) electrons. The standard InChI is InChI=1S/C11H15NOS/c1-3-14-11-6-4-10(5-7-11)8-9(2)12-13/h4-7,13H,3,8H2,1-2H3/b12-9-. The van der Waals surface area contributed by atoms with Gasteiger partial charge in [-0.3, -0.25) is 0 Å². The van der Waals surface area contributed by atoms with Gasteiger partial charge < -0.3 is 5.21 Å². The Morgan fingerprint density at radius 2 is 2.00 bits per heavy atom. The number of hydrogen-bond acceptors (Lipinski definition) is 3. The first-order valence-electron chi connectivity index (χ1n) is 4.65. The van der Waals surface area contributed by atoms with Gasteiger partial charge in [-0.2, -0.15) is 0 Å². The maximum atomic E-state index is 8.52. The Kier molecular flexibility index (Phi) is 4.53. The normalized spacial score (nSPS) is 11.7. The van der Waals surface area contributed by atoms with Gasteiger partial charge >= 0.3 is 0 Å². The number of benzene rings is 1. The number of nitrogens with zero attached hydrogens (tertiary/aromatic N) is 1. The average Bonchev–Trinajstić information content (AvgIpc) is 2.21. The van der Waals surface area contributed by atoms with Crippen LogP contribution in [0.3, 0.4) is 0 Å². The highest BCUT2D eigenvalue weighted by Crippen LogP contribution is 2.17. The van der Waals surface area contributed by atoms with Crippen molar-refractivity contribution in [1.29, 1.82) is 0 Å². The number of rotatable bonds is 4. The number of hydrogen-bond donors (Lipinski definition) is 1. The Balaban J connectivity index is 2.64. The van der Waals surface area contributed by atoms with Crippen LogP contribution in [0.4, 0.5) is 0 Å². The van der Waals surface area contributed by atoms with Crippen molar-refractivity contribution in [3.8, 4) is 0 Å². The largest absolute Gasteiger partial charge is 0.411 e. The predicted molar refractivity (Wildman–Crippen MR) is 61.4 cm³/mol. The summed E-state index contributed by atoms with van der Waals surface area (Å²) in [7, 11) is 0. The second-order valence-electron chi connectivity index (χ2n) is 3.09. The molecule has 0 aliphatic carbocycles. The zero-order valence-corrected chi connectivity index (χ0v) is 9.34. The molecule has 0 spiro atoms. The van der Waals surface area contributed by atoms with E-state index in [9.17, 15) is 0 Å². The molecule has 2 nitrogen and oxygen atoms in total. The summed E-state index contributed by atoms with van der Waals surface area (Å²) in [5.41, 5.74) is 1.92. The second kappa shape index (κ2) is 5.70. The first-order chi connectivity index (χ1) is 6.76. The Bertz CT molecular complexity index is 306. The van der Waals surface area contributed by atoms with Crippen LogP contribution < -0.4 is 0 Å². The third-order valence-corrected chi connectivity index (χ3v) is 2.76. The van der Waals surface area contributed by atoms with E-state index in [1.54, 1.807) is 0 Å². The van der Waals surface area contributed by atoms with Gasteiger partial charge in [-0.15, -0.1) is 11.8 Å². The first-order valence-corrected chi connectivity index (χ1v) is 5.64. The SMILES string of the molecule is CCSc1ccc(C/C(C)=N\O)cc1. The molecule has 1 rings (SSSR count). The lowest BCUT2D eigenvalue weighted by Gasteiger charge is -2.01. The van der Waals surface area contributed by atoms with Crippen LogP contribution in [0, 0.1) is 0 Å². The molecule has 3 heteroatoms. The maximum absolute atomic E-state index is 8.52. The van der Waals surface area contributed by atoms with Crippen molar-refractivity contribution in [1.82, 2.24) is 0 Å². The van der Waals surface area contributed by atoms with Crippen LogP contribution in [0.15, 0.2) is 34.3 Å². The van der Waals surface area contributed by atoms with Crippen molar-refractivity contribution in [2.24, 2.45) is 5.16 Å². The molecular weight excluding hydrogens is 194 g/mol. The minimum Gasteiger partial charge on any atom is -0.411 e. The molecule has 1 aromatic rings. The Morgan fingerprint density at radius 3 is 2.50 bits per heavy atom. The Labute approximate surface area is 89.0 Å². The highest BCUT2D eigenvalue weighted by Gasteiger charge is 1.97. The molecule has 0 atom stereocenters. The van der Waals surface area contributed by atoms with Crippen molar-refractivity contribution in [3.05, 3.63) is 29.8 Å². The quantitative estimate of drug-likeness (QED) is 0.357. The molecule has 0 aromatic heterocycles. The van der Waals surface area contributed by atoms with Gasteiger partial charge in [0.2, 0.25) is 0 Å². The lowest BCUT2D eigenvalue weighted by Crippen LogP contribution is -1.96. The number of oxime groups is 1. The van der Waals surface area contributed by atoms with Crippen molar-refractivity contribution < 1.29 is 5.21 Å². The smallest absolute Gasteiger partial charge is 0.0583 e. The molecule has 0 bridgehead atoms. The van der Waals surface area contributed by atoms with E-state index in [1.807, 2.05) is 18.7 Å². The molecule has 0 heterocycles. The van der Waals surface area contributed by atoms with Crippen LogP contribution in [0.25, 0.3) is 0 Å². The fraction of sp³-hybridized carbons (Fsp3) is 0.364. The molecule has 0 amide bonds. The molecule has 0 fully saturated rings. The molecule has 1 N–H and O–H groups in total. The van der Waals surface area contributed by atoms with E-state index in [2.05, 4.69) is 36.3 Å². The van der Waals surface area contributed by atoms with Crippen LogP contribution in [0.2, 0.25) is 0 Å². The van der Waals surface area contributed by atoms with E-state index in [4.69, 9.17) is 5.21 Å². The van der Waals surface area contributed by atoms with E-state index in [-0.39, 0.29) is 0 Å². The first kappa shape index (κ1) is 11.1. The second-order valence-corrected chi connectivity index (χ2v) is 4.43. The van der Waals surface area contributed by atoms with Gasteiger partial charge in [0.1, 0.15) is 0 Å². The molecular formula is C11H15NOS. The summed E-state index contributed by atoms with van der Waals surface area (Å²) in [4.78, 5) is 1.29. The zero-order valence-electron chi connectivity index (χ0n) is 8.53. The van der Waals surface area contributed by atoms with Crippen LogP contribution in [-0.2, 0) is 6.42 Å². The summed E-state index contributed by atoms with van der Waals surface area (Å²) >= 11 is 1.83.